The molecule has 1 amide bonds. The normalized spacial score (nSPS) is 20.7. The minimum absolute atomic E-state index is 0.0546. The van der Waals surface area contributed by atoms with Gasteiger partial charge in [-0.05, 0) is 54.7 Å². The van der Waals surface area contributed by atoms with Crippen molar-refractivity contribution in [3.63, 3.8) is 0 Å². The molecule has 0 unspecified atom stereocenters. The molecule has 2 aromatic rings. The summed E-state index contributed by atoms with van der Waals surface area (Å²) in [6.45, 7) is 6.73. The maximum atomic E-state index is 12.9. The van der Waals surface area contributed by atoms with Crippen molar-refractivity contribution in [2.45, 2.75) is 58.8 Å². The zero-order chi connectivity index (χ0) is 19.2. The fourth-order valence-electron chi connectivity index (χ4n) is 4.83. The number of hydrogen-bond acceptors (Lipinski definition) is 2. The Kier molecular flexibility index (Phi) is 4.45. The van der Waals surface area contributed by atoms with Crippen LogP contribution >= 0.6 is 0 Å². The molecular formula is C23H28N2O2. The molecule has 1 atom stereocenters. The number of carbonyl (C=O) groups is 2. The van der Waals surface area contributed by atoms with Crippen LogP contribution in [0.5, 0.6) is 0 Å². The Bertz CT molecular complexity index is 907. The monoisotopic (exact) mass is 364 g/mol. The lowest BCUT2D eigenvalue weighted by Crippen LogP contribution is -2.30. The number of Topliss-reactive ketones (excluding diaryl/α,β-unsaturated/α-hetero) is 1. The Morgan fingerprint density at radius 1 is 1.26 bits per heavy atom. The number of aromatic nitrogens is 1. The third-order valence-corrected chi connectivity index (χ3v) is 6.13. The minimum Gasteiger partial charge on any atom is -0.354 e. The largest absolute Gasteiger partial charge is 0.354 e. The Labute approximate surface area is 160 Å². The molecule has 4 heteroatoms. The average Bonchev–Trinajstić information content (AvgIpc) is 2.95. The van der Waals surface area contributed by atoms with E-state index in [4.69, 9.17) is 0 Å². The minimum atomic E-state index is -0.101. The van der Waals surface area contributed by atoms with Gasteiger partial charge in [-0.15, -0.1) is 0 Å². The first-order valence-electron chi connectivity index (χ1n) is 9.96. The van der Waals surface area contributed by atoms with E-state index < -0.39 is 0 Å². The second-order valence-corrected chi connectivity index (χ2v) is 8.92. The summed E-state index contributed by atoms with van der Waals surface area (Å²) >= 11 is 0. The summed E-state index contributed by atoms with van der Waals surface area (Å²) in [5.41, 5.74) is 5.72. The Hall–Kier alpha value is -2.36. The van der Waals surface area contributed by atoms with E-state index >= 15 is 0 Å². The number of H-pyrrole nitrogens is 1. The molecule has 4 rings (SSSR count). The maximum Gasteiger partial charge on any atom is 0.268 e. The topological polar surface area (TPSA) is 62.0 Å². The van der Waals surface area contributed by atoms with Crippen LogP contribution in [0.1, 0.15) is 82.3 Å². The van der Waals surface area contributed by atoms with Crippen molar-refractivity contribution in [2.75, 3.05) is 6.54 Å². The Balaban J connectivity index is 1.51. The van der Waals surface area contributed by atoms with Crippen LogP contribution in [0.15, 0.2) is 24.3 Å². The van der Waals surface area contributed by atoms with Crippen LogP contribution in [-0.4, -0.2) is 23.2 Å². The van der Waals surface area contributed by atoms with E-state index in [0.29, 0.717) is 24.6 Å². The summed E-state index contributed by atoms with van der Waals surface area (Å²) < 4.78 is 0. The molecule has 0 fully saturated rings. The SMILES string of the molecule is Cc1c(C(=O)NC[C@H]2CCCc3ccccc32)[nH]c2c1C(=O)CC(C)(C)C2. The standard InChI is InChI=1S/C23H28N2O2/c1-14-20-18(11-23(2,3)12-19(20)26)25-21(14)22(27)24-13-16-9-6-8-15-7-4-5-10-17(15)16/h4-5,7,10,16,25H,6,8-9,11-13H2,1-3H3,(H,24,27)/t16-/m1/s1. The van der Waals surface area contributed by atoms with Gasteiger partial charge < -0.3 is 10.3 Å². The molecule has 2 aliphatic carbocycles. The molecule has 142 valence electrons. The predicted molar refractivity (Wildman–Crippen MR) is 106 cm³/mol. The van der Waals surface area contributed by atoms with Crippen molar-refractivity contribution in [1.29, 1.82) is 0 Å². The number of aromatic amines is 1. The van der Waals surface area contributed by atoms with Gasteiger partial charge in [0.05, 0.1) is 0 Å². The number of ketones is 1. The maximum absolute atomic E-state index is 12.9. The van der Waals surface area contributed by atoms with Crippen LogP contribution in [-0.2, 0) is 12.8 Å². The number of nitrogens with one attached hydrogen (secondary N) is 2. The van der Waals surface area contributed by atoms with Crippen LogP contribution in [0.3, 0.4) is 0 Å². The van der Waals surface area contributed by atoms with Gasteiger partial charge in [-0.25, -0.2) is 0 Å². The van der Waals surface area contributed by atoms with E-state index in [1.165, 1.54) is 11.1 Å². The molecular weight excluding hydrogens is 336 g/mol. The van der Waals surface area contributed by atoms with Crippen LogP contribution in [0.2, 0.25) is 0 Å². The zero-order valence-electron chi connectivity index (χ0n) is 16.4. The van der Waals surface area contributed by atoms with Crippen molar-refractivity contribution >= 4 is 11.7 Å². The molecule has 0 bridgehead atoms. The Morgan fingerprint density at radius 2 is 2.04 bits per heavy atom. The number of amides is 1. The molecule has 1 heterocycles. The van der Waals surface area contributed by atoms with Gasteiger partial charge in [-0.3, -0.25) is 9.59 Å². The number of benzene rings is 1. The second-order valence-electron chi connectivity index (χ2n) is 8.92. The van der Waals surface area contributed by atoms with E-state index in [9.17, 15) is 9.59 Å². The highest BCUT2D eigenvalue weighted by molar-refractivity contribution is 6.04. The summed E-state index contributed by atoms with van der Waals surface area (Å²) in [7, 11) is 0. The summed E-state index contributed by atoms with van der Waals surface area (Å²) in [4.78, 5) is 28.7. The van der Waals surface area contributed by atoms with Crippen molar-refractivity contribution in [2.24, 2.45) is 5.41 Å². The van der Waals surface area contributed by atoms with Crippen LogP contribution in [0.4, 0.5) is 0 Å². The van der Waals surface area contributed by atoms with Crippen molar-refractivity contribution in [3.8, 4) is 0 Å². The number of carbonyl (C=O) groups excluding carboxylic acids is 2. The van der Waals surface area contributed by atoms with Crippen LogP contribution < -0.4 is 5.32 Å². The lowest BCUT2D eigenvalue weighted by atomic mass is 9.75. The van der Waals surface area contributed by atoms with Gasteiger partial charge in [0.1, 0.15) is 5.69 Å². The highest BCUT2D eigenvalue weighted by Crippen LogP contribution is 2.37. The molecule has 0 aliphatic heterocycles. The van der Waals surface area contributed by atoms with E-state index in [0.717, 1.165) is 42.5 Å². The van der Waals surface area contributed by atoms with Gasteiger partial charge >= 0.3 is 0 Å². The zero-order valence-corrected chi connectivity index (χ0v) is 16.4. The van der Waals surface area contributed by atoms with Gasteiger partial charge in [0, 0.05) is 30.1 Å². The van der Waals surface area contributed by atoms with Crippen LogP contribution in [0, 0.1) is 12.3 Å². The van der Waals surface area contributed by atoms with E-state index in [-0.39, 0.29) is 17.1 Å². The highest BCUT2D eigenvalue weighted by Gasteiger charge is 2.35. The third kappa shape index (κ3) is 3.33. The first kappa shape index (κ1) is 18.0. The fourth-order valence-corrected chi connectivity index (χ4v) is 4.83. The van der Waals surface area contributed by atoms with E-state index in [1.54, 1.807) is 0 Å². The number of aryl methyl sites for hydroxylation is 1. The van der Waals surface area contributed by atoms with Crippen molar-refractivity contribution in [3.05, 3.63) is 57.9 Å². The molecule has 2 aliphatic rings. The number of hydrogen-bond donors (Lipinski definition) is 2. The molecule has 1 aromatic heterocycles. The number of rotatable bonds is 3. The van der Waals surface area contributed by atoms with Gasteiger partial charge in [0.15, 0.2) is 5.78 Å². The molecule has 27 heavy (non-hydrogen) atoms. The first-order chi connectivity index (χ1) is 12.9. The highest BCUT2D eigenvalue weighted by atomic mass is 16.2. The summed E-state index contributed by atoms with van der Waals surface area (Å²) in [5, 5.41) is 3.11. The van der Waals surface area contributed by atoms with Gasteiger partial charge in [-0.2, -0.15) is 0 Å². The smallest absolute Gasteiger partial charge is 0.268 e. The third-order valence-electron chi connectivity index (χ3n) is 6.13. The molecule has 2 N–H and O–H groups in total. The quantitative estimate of drug-likeness (QED) is 0.851. The lowest BCUT2D eigenvalue weighted by molar-refractivity contribution is 0.0909. The van der Waals surface area contributed by atoms with Gasteiger partial charge in [0.25, 0.3) is 5.91 Å². The molecule has 0 saturated heterocycles. The average molecular weight is 364 g/mol. The van der Waals surface area contributed by atoms with Crippen molar-refractivity contribution < 1.29 is 9.59 Å². The van der Waals surface area contributed by atoms with E-state index in [1.807, 2.05) is 6.92 Å². The first-order valence-corrected chi connectivity index (χ1v) is 9.96. The van der Waals surface area contributed by atoms with Crippen molar-refractivity contribution in [1.82, 2.24) is 10.3 Å². The molecule has 1 aromatic carbocycles. The molecule has 0 spiro atoms. The second kappa shape index (κ2) is 6.66. The van der Waals surface area contributed by atoms with Crippen LogP contribution in [0.25, 0.3) is 0 Å². The summed E-state index contributed by atoms with van der Waals surface area (Å²) in [6.07, 6.45) is 4.74. The molecule has 0 saturated carbocycles. The molecule has 0 radical (unpaired) electrons. The van der Waals surface area contributed by atoms with E-state index in [2.05, 4.69) is 48.4 Å². The molecule has 4 nitrogen and oxygen atoms in total. The fraction of sp³-hybridized carbons (Fsp3) is 0.478. The number of fused-ring (bicyclic) bond motifs is 2. The lowest BCUT2D eigenvalue weighted by Gasteiger charge is -2.28. The predicted octanol–water partition coefficient (Wildman–Crippen LogP) is 4.33. The Morgan fingerprint density at radius 3 is 2.85 bits per heavy atom. The summed E-state index contributed by atoms with van der Waals surface area (Å²) in [6, 6.07) is 8.55. The van der Waals surface area contributed by atoms with Gasteiger partial charge in [-0.1, -0.05) is 38.1 Å². The summed E-state index contributed by atoms with van der Waals surface area (Å²) in [5.74, 6) is 0.412. The van der Waals surface area contributed by atoms with Gasteiger partial charge in [0.2, 0.25) is 0 Å².